The minimum Gasteiger partial charge on any atom is -0.363 e. The maximum absolute atomic E-state index is 12.4. The number of hydrogen-bond acceptors (Lipinski definition) is 4. The molecule has 0 saturated heterocycles. The number of carbonyl (C=O) groups is 1. The molecule has 0 aliphatic rings. The monoisotopic (exact) mass is 357 g/mol. The van der Waals surface area contributed by atoms with E-state index in [1.165, 1.54) is 0 Å². The Hall–Kier alpha value is -3.67. The van der Waals surface area contributed by atoms with E-state index in [0.29, 0.717) is 5.56 Å². The molecule has 1 aromatic carbocycles. The van der Waals surface area contributed by atoms with Gasteiger partial charge < -0.3 is 14.6 Å². The first-order valence-electron chi connectivity index (χ1n) is 8.59. The summed E-state index contributed by atoms with van der Waals surface area (Å²) in [6.45, 7) is 0. The fraction of sp³-hybridized carbons (Fsp3) is 0.0952. The van der Waals surface area contributed by atoms with Gasteiger partial charge in [-0.15, -0.1) is 0 Å². The van der Waals surface area contributed by atoms with Crippen LogP contribution in [-0.4, -0.2) is 34.4 Å². The second-order valence-electron chi connectivity index (χ2n) is 6.42. The predicted molar refractivity (Wildman–Crippen MR) is 107 cm³/mol. The summed E-state index contributed by atoms with van der Waals surface area (Å²) in [5.41, 5.74) is 4.03. The number of anilines is 2. The van der Waals surface area contributed by atoms with E-state index >= 15 is 0 Å². The summed E-state index contributed by atoms with van der Waals surface area (Å²) in [5.74, 6) is 0.622. The molecular weight excluding hydrogens is 338 g/mol. The van der Waals surface area contributed by atoms with Crippen LogP contribution in [-0.2, 0) is 0 Å². The number of benzene rings is 1. The van der Waals surface area contributed by atoms with Gasteiger partial charge in [-0.3, -0.25) is 4.79 Å². The number of pyridine rings is 2. The van der Waals surface area contributed by atoms with E-state index in [9.17, 15) is 4.79 Å². The first kappa shape index (κ1) is 16.8. The molecule has 3 heterocycles. The number of imidazole rings is 1. The lowest BCUT2D eigenvalue weighted by atomic mass is 10.1. The number of hydrogen-bond donors (Lipinski definition) is 1. The van der Waals surface area contributed by atoms with E-state index < -0.39 is 0 Å². The second-order valence-corrected chi connectivity index (χ2v) is 6.42. The summed E-state index contributed by atoms with van der Waals surface area (Å²) < 4.78 is 1.98. The molecule has 0 radical (unpaired) electrons. The highest BCUT2D eigenvalue weighted by atomic mass is 16.1. The van der Waals surface area contributed by atoms with Gasteiger partial charge in [0.05, 0.1) is 11.3 Å². The first-order chi connectivity index (χ1) is 13.1. The van der Waals surface area contributed by atoms with Gasteiger partial charge in [0, 0.05) is 43.9 Å². The molecule has 6 nitrogen and oxygen atoms in total. The van der Waals surface area contributed by atoms with Crippen molar-refractivity contribution in [2.45, 2.75) is 0 Å². The van der Waals surface area contributed by atoms with E-state index in [1.807, 2.05) is 84.3 Å². The second kappa shape index (κ2) is 6.92. The van der Waals surface area contributed by atoms with Crippen LogP contribution in [0.2, 0.25) is 0 Å². The molecule has 3 aromatic heterocycles. The summed E-state index contributed by atoms with van der Waals surface area (Å²) in [4.78, 5) is 23.2. The average Bonchev–Trinajstić information content (AvgIpc) is 3.13. The molecule has 0 fully saturated rings. The highest BCUT2D eigenvalue weighted by Crippen LogP contribution is 2.21. The smallest absolute Gasteiger partial charge is 0.257 e. The molecule has 1 N–H and O–H groups in total. The molecule has 0 bridgehead atoms. The van der Waals surface area contributed by atoms with Crippen molar-refractivity contribution in [3.8, 4) is 11.3 Å². The van der Waals surface area contributed by atoms with E-state index in [4.69, 9.17) is 0 Å². The van der Waals surface area contributed by atoms with Gasteiger partial charge in [-0.05, 0) is 36.4 Å². The van der Waals surface area contributed by atoms with Crippen molar-refractivity contribution in [2.75, 3.05) is 24.3 Å². The zero-order valence-corrected chi connectivity index (χ0v) is 15.1. The van der Waals surface area contributed by atoms with Gasteiger partial charge in [0.1, 0.15) is 11.5 Å². The number of amides is 1. The molecule has 6 heteroatoms. The summed E-state index contributed by atoms with van der Waals surface area (Å²) in [7, 11) is 3.82. The van der Waals surface area contributed by atoms with Crippen LogP contribution in [0.4, 0.5) is 11.5 Å². The molecule has 4 rings (SSSR count). The summed E-state index contributed by atoms with van der Waals surface area (Å²) in [6, 6.07) is 17.1. The largest absolute Gasteiger partial charge is 0.363 e. The van der Waals surface area contributed by atoms with Crippen LogP contribution in [0, 0.1) is 0 Å². The average molecular weight is 357 g/mol. The highest BCUT2D eigenvalue weighted by Gasteiger charge is 2.09. The normalized spacial score (nSPS) is 10.7. The van der Waals surface area contributed by atoms with E-state index in [1.54, 1.807) is 12.3 Å². The lowest BCUT2D eigenvalue weighted by Gasteiger charge is -2.11. The molecule has 0 spiro atoms. The van der Waals surface area contributed by atoms with Gasteiger partial charge in [-0.2, -0.15) is 0 Å². The fourth-order valence-corrected chi connectivity index (χ4v) is 2.79. The zero-order valence-electron chi connectivity index (χ0n) is 15.1. The zero-order chi connectivity index (χ0) is 18.8. The molecule has 27 heavy (non-hydrogen) atoms. The van der Waals surface area contributed by atoms with E-state index in [-0.39, 0.29) is 5.91 Å². The van der Waals surface area contributed by atoms with Crippen LogP contribution in [0.5, 0.6) is 0 Å². The van der Waals surface area contributed by atoms with Crippen LogP contribution < -0.4 is 10.2 Å². The van der Waals surface area contributed by atoms with Gasteiger partial charge in [0.2, 0.25) is 0 Å². The van der Waals surface area contributed by atoms with Gasteiger partial charge in [-0.25, -0.2) is 9.97 Å². The Morgan fingerprint density at radius 1 is 1.04 bits per heavy atom. The highest BCUT2D eigenvalue weighted by molar-refractivity contribution is 6.04. The van der Waals surface area contributed by atoms with Crippen LogP contribution in [0.25, 0.3) is 16.9 Å². The third kappa shape index (κ3) is 3.50. The Morgan fingerprint density at radius 2 is 1.85 bits per heavy atom. The maximum atomic E-state index is 12.4. The van der Waals surface area contributed by atoms with E-state index in [0.717, 1.165) is 28.4 Å². The molecule has 0 aliphatic carbocycles. The molecule has 1 amide bonds. The molecule has 4 aromatic rings. The molecular formula is C21H19N5O. The topological polar surface area (TPSA) is 62.5 Å². The Bertz CT molecular complexity index is 1050. The number of carbonyl (C=O) groups excluding carboxylic acids is 1. The Labute approximate surface area is 157 Å². The third-order valence-electron chi connectivity index (χ3n) is 4.27. The van der Waals surface area contributed by atoms with Crippen molar-refractivity contribution in [3.05, 3.63) is 78.8 Å². The van der Waals surface area contributed by atoms with Crippen molar-refractivity contribution in [1.82, 2.24) is 14.4 Å². The predicted octanol–water partition coefficient (Wildman–Crippen LogP) is 3.71. The van der Waals surface area contributed by atoms with Crippen molar-refractivity contribution >= 4 is 23.1 Å². The SMILES string of the molecule is CN(C)c1ccc(C(=O)Nc2ccc(-c3cn4ccccc4n3)cc2)cn1. The van der Waals surface area contributed by atoms with Gasteiger partial charge in [-0.1, -0.05) is 18.2 Å². The van der Waals surface area contributed by atoms with E-state index in [2.05, 4.69) is 15.3 Å². The van der Waals surface area contributed by atoms with Crippen LogP contribution in [0.3, 0.4) is 0 Å². The number of rotatable bonds is 4. The standard InChI is InChI=1S/C21H19N5O/c1-25(2)19-11-8-16(13-22-19)21(27)23-17-9-6-15(7-10-17)18-14-26-12-4-3-5-20(26)24-18/h3-14H,1-2H3,(H,23,27). The van der Waals surface area contributed by atoms with Crippen LogP contribution >= 0.6 is 0 Å². The quantitative estimate of drug-likeness (QED) is 0.605. The van der Waals surface area contributed by atoms with Gasteiger partial charge >= 0.3 is 0 Å². The Morgan fingerprint density at radius 3 is 2.52 bits per heavy atom. The third-order valence-corrected chi connectivity index (χ3v) is 4.27. The first-order valence-corrected chi connectivity index (χ1v) is 8.59. The van der Waals surface area contributed by atoms with Gasteiger partial charge in [0.15, 0.2) is 0 Å². The Kier molecular flexibility index (Phi) is 4.30. The minimum atomic E-state index is -0.187. The number of fused-ring (bicyclic) bond motifs is 1. The minimum absolute atomic E-state index is 0.187. The summed E-state index contributed by atoms with van der Waals surface area (Å²) in [5, 5.41) is 2.89. The molecule has 0 saturated carbocycles. The summed E-state index contributed by atoms with van der Waals surface area (Å²) >= 11 is 0. The van der Waals surface area contributed by atoms with Crippen molar-refractivity contribution in [1.29, 1.82) is 0 Å². The van der Waals surface area contributed by atoms with Crippen LogP contribution in [0.1, 0.15) is 10.4 Å². The molecule has 0 atom stereocenters. The maximum Gasteiger partial charge on any atom is 0.257 e. The molecule has 134 valence electrons. The number of nitrogens with one attached hydrogen (secondary N) is 1. The molecule has 0 unspecified atom stereocenters. The van der Waals surface area contributed by atoms with Gasteiger partial charge in [0.25, 0.3) is 5.91 Å². The lowest BCUT2D eigenvalue weighted by Crippen LogP contribution is -2.14. The van der Waals surface area contributed by atoms with Crippen LogP contribution in [0.15, 0.2) is 73.2 Å². The van der Waals surface area contributed by atoms with Crippen molar-refractivity contribution < 1.29 is 4.79 Å². The number of nitrogens with zero attached hydrogens (tertiary/aromatic N) is 4. The fourth-order valence-electron chi connectivity index (χ4n) is 2.79. The number of aromatic nitrogens is 3. The van der Waals surface area contributed by atoms with Crippen molar-refractivity contribution in [3.63, 3.8) is 0 Å². The van der Waals surface area contributed by atoms with Crippen molar-refractivity contribution in [2.24, 2.45) is 0 Å². The Balaban J connectivity index is 1.49. The molecule has 0 aliphatic heterocycles. The summed E-state index contributed by atoms with van der Waals surface area (Å²) in [6.07, 6.45) is 5.53. The lowest BCUT2D eigenvalue weighted by molar-refractivity contribution is 0.102.